The zero-order chi connectivity index (χ0) is 18.8. The largest absolute Gasteiger partial charge is 0.349 e. The summed E-state index contributed by atoms with van der Waals surface area (Å²) in [6, 6.07) is 15.7. The minimum Gasteiger partial charge on any atom is -0.349 e. The summed E-state index contributed by atoms with van der Waals surface area (Å²) in [5.74, 6) is 0.819. The van der Waals surface area contributed by atoms with Gasteiger partial charge in [0.05, 0.1) is 29.6 Å². The normalized spacial score (nSPS) is 11.3. The predicted octanol–water partition coefficient (Wildman–Crippen LogP) is 3.77. The maximum absolute atomic E-state index is 12.3. The molecule has 0 aliphatic heterocycles. The molecule has 1 N–H and O–H groups in total. The molecule has 4 aromatic rings. The van der Waals surface area contributed by atoms with Crippen LogP contribution in [0.15, 0.2) is 48.5 Å². The van der Waals surface area contributed by atoms with Gasteiger partial charge in [-0.15, -0.1) is 0 Å². The highest BCUT2D eigenvalue weighted by molar-refractivity contribution is 6.34. The third-order valence-electron chi connectivity index (χ3n) is 4.66. The fraction of sp³-hybridized carbons (Fsp3) is 0.250. The second-order valence-electron chi connectivity index (χ2n) is 6.32. The molecule has 6 nitrogen and oxygen atoms in total. The first-order valence-electron chi connectivity index (χ1n) is 8.99. The maximum Gasteiger partial charge on any atom is 0.222 e. The van der Waals surface area contributed by atoms with Crippen LogP contribution in [-0.4, -0.2) is 25.2 Å². The second kappa shape index (κ2) is 7.40. The van der Waals surface area contributed by atoms with Crippen LogP contribution in [0, 0.1) is 0 Å². The van der Waals surface area contributed by atoms with Crippen LogP contribution in [-0.2, 0) is 24.4 Å². The Morgan fingerprint density at radius 1 is 1.11 bits per heavy atom. The van der Waals surface area contributed by atoms with E-state index in [0.29, 0.717) is 24.7 Å². The molecule has 0 unspecified atom stereocenters. The van der Waals surface area contributed by atoms with Crippen LogP contribution in [0.1, 0.15) is 19.2 Å². The number of para-hydroxylation sites is 3. The number of nitrogens with one attached hydrogen (secondary N) is 1. The van der Waals surface area contributed by atoms with Gasteiger partial charge < -0.3 is 9.88 Å². The SMILES string of the molecule is CCn1c(CNC(=O)CCn2nc(Cl)c3ccccc32)nc2ccccc21. The van der Waals surface area contributed by atoms with Gasteiger partial charge >= 0.3 is 0 Å². The summed E-state index contributed by atoms with van der Waals surface area (Å²) in [6.45, 7) is 3.76. The van der Waals surface area contributed by atoms with E-state index in [0.717, 1.165) is 34.3 Å². The predicted molar refractivity (Wildman–Crippen MR) is 107 cm³/mol. The van der Waals surface area contributed by atoms with Crippen molar-refractivity contribution in [3.8, 4) is 0 Å². The van der Waals surface area contributed by atoms with Gasteiger partial charge in [0, 0.05) is 18.4 Å². The number of halogens is 1. The van der Waals surface area contributed by atoms with E-state index in [4.69, 9.17) is 11.6 Å². The molecule has 27 heavy (non-hydrogen) atoms. The van der Waals surface area contributed by atoms with Gasteiger partial charge in [-0.2, -0.15) is 5.10 Å². The molecular weight excluding hydrogens is 362 g/mol. The third-order valence-corrected chi connectivity index (χ3v) is 4.94. The maximum atomic E-state index is 12.3. The molecule has 0 spiro atoms. The highest BCUT2D eigenvalue weighted by atomic mass is 35.5. The van der Waals surface area contributed by atoms with Crippen molar-refractivity contribution >= 4 is 39.4 Å². The van der Waals surface area contributed by atoms with E-state index in [-0.39, 0.29) is 5.91 Å². The Morgan fingerprint density at radius 2 is 1.85 bits per heavy atom. The number of hydrogen-bond acceptors (Lipinski definition) is 3. The Hall–Kier alpha value is -2.86. The molecule has 0 fully saturated rings. The lowest BCUT2D eigenvalue weighted by molar-refractivity contribution is -0.121. The van der Waals surface area contributed by atoms with Crippen molar-refractivity contribution in [3.05, 3.63) is 59.5 Å². The number of nitrogens with zero attached hydrogens (tertiary/aromatic N) is 4. The van der Waals surface area contributed by atoms with Crippen molar-refractivity contribution in [1.82, 2.24) is 24.6 Å². The molecule has 2 aromatic carbocycles. The average Bonchev–Trinajstić information content (AvgIpc) is 3.22. The Balaban J connectivity index is 1.41. The van der Waals surface area contributed by atoms with E-state index in [9.17, 15) is 4.79 Å². The van der Waals surface area contributed by atoms with Crippen LogP contribution < -0.4 is 5.32 Å². The number of carbonyl (C=O) groups is 1. The Kier molecular flexibility index (Phi) is 4.81. The van der Waals surface area contributed by atoms with Crippen LogP contribution >= 0.6 is 11.6 Å². The van der Waals surface area contributed by atoms with Crippen molar-refractivity contribution in [2.24, 2.45) is 0 Å². The van der Waals surface area contributed by atoms with E-state index in [1.807, 2.05) is 48.5 Å². The summed E-state index contributed by atoms with van der Waals surface area (Å²) in [4.78, 5) is 17.0. The first kappa shape index (κ1) is 17.5. The molecule has 0 bridgehead atoms. The number of hydrogen-bond donors (Lipinski definition) is 1. The molecule has 4 rings (SSSR count). The Labute approximate surface area is 161 Å². The molecule has 0 atom stereocenters. The minimum absolute atomic E-state index is 0.0413. The van der Waals surface area contributed by atoms with Crippen molar-refractivity contribution in [1.29, 1.82) is 0 Å². The number of imidazole rings is 1. The number of amides is 1. The lowest BCUT2D eigenvalue weighted by Gasteiger charge is -2.08. The van der Waals surface area contributed by atoms with Gasteiger partial charge in [0.1, 0.15) is 5.82 Å². The zero-order valence-electron chi connectivity index (χ0n) is 15.0. The summed E-state index contributed by atoms with van der Waals surface area (Å²) < 4.78 is 3.90. The molecule has 0 saturated carbocycles. The van der Waals surface area contributed by atoms with E-state index in [1.54, 1.807) is 4.68 Å². The number of benzene rings is 2. The lowest BCUT2D eigenvalue weighted by atomic mass is 10.2. The number of aromatic nitrogens is 4. The molecule has 0 saturated heterocycles. The molecular formula is C20H20ClN5O. The highest BCUT2D eigenvalue weighted by Crippen LogP contribution is 2.22. The van der Waals surface area contributed by atoms with Crippen molar-refractivity contribution in [2.75, 3.05) is 0 Å². The van der Waals surface area contributed by atoms with Gasteiger partial charge in [-0.05, 0) is 31.2 Å². The van der Waals surface area contributed by atoms with Gasteiger partial charge in [0.25, 0.3) is 0 Å². The lowest BCUT2D eigenvalue weighted by Crippen LogP contribution is -2.25. The second-order valence-corrected chi connectivity index (χ2v) is 6.68. The fourth-order valence-electron chi connectivity index (χ4n) is 3.34. The number of fused-ring (bicyclic) bond motifs is 2. The van der Waals surface area contributed by atoms with Crippen LogP contribution in [0.25, 0.3) is 21.9 Å². The summed E-state index contributed by atoms with van der Waals surface area (Å²) in [5.41, 5.74) is 2.96. The summed E-state index contributed by atoms with van der Waals surface area (Å²) in [6.07, 6.45) is 0.328. The Morgan fingerprint density at radius 3 is 2.67 bits per heavy atom. The molecule has 0 aliphatic carbocycles. The van der Waals surface area contributed by atoms with Crippen molar-refractivity contribution in [3.63, 3.8) is 0 Å². The zero-order valence-corrected chi connectivity index (χ0v) is 15.8. The van der Waals surface area contributed by atoms with Gasteiger partial charge in [0.2, 0.25) is 5.91 Å². The van der Waals surface area contributed by atoms with Gasteiger partial charge in [-0.1, -0.05) is 35.9 Å². The van der Waals surface area contributed by atoms with Gasteiger partial charge in [-0.25, -0.2) is 4.98 Å². The molecule has 0 radical (unpaired) electrons. The number of aryl methyl sites for hydroxylation is 2. The van der Waals surface area contributed by atoms with Crippen LogP contribution in [0.5, 0.6) is 0 Å². The third kappa shape index (κ3) is 3.40. The minimum atomic E-state index is -0.0413. The average molecular weight is 382 g/mol. The molecule has 138 valence electrons. The number of rotatable bonds is 6. The summed E-state index contributed by atoms with van der Waals surface area (Å²) >= 11 is 6.16. The van der Waals surface area contributed by atoms with Crippen molar-refractivity contribution in [2.45, 2.75) is 33.0 Å². The van der Waals surface area contributed by atoms with Crippen LogP contribution in [0.4, 0.5) is 0 Å². The topological polar surface area (TPSA) is 64.7 Å². The van der Waals surface area contributed by atoms with Gasteiger partial charge in [-0.3, -0.25) is 9.48 Å². The highest BCUT2D eigenvalue weighted by Gasteiger charge is 2.12. The van der Waals surface area contributed by atoms with Crippen LogP contribution in [0.3, 0.4) is 0 Å². The molecule has 2 heterocycles. The summed E-state index contributed by atoms with van der Waals surface area (Å²) in [5, 5.41) is 8.65. The van der Waals surface area contributed by atoms with E-state index in [2.05, 4.69) is 26.9 Å². The van der Waals surface area contributed by atoms with Crippen LogP contribution in [0.2, 0.25) is 5.15 Å². The smallest absolute Gasteiger partial charge is 0.222 e. The fourth-order valence-corrected chi connectivity index (χ4v) is 3.60. The first-order chi connectivity index (χ1) is 13.2. The molecule has 2 aromatic heterocycles. The van der Waals surface area contributed by atoms with E-state index < -0.39 is 0 Å². The van der Waals surface area contributed by atoms with Crippen molar-refractivity contribution < 1.29 is 4.79 Å². The standard InChI is InChI=1S/C20H20ClN5O/c1-2-25-17-10-6-4-8-15(17)23-18(25)13-22-19(27)11-12-26-16-9-5-3-7-14(16)20(21)24-26/h3-10H,2,11-13H2,1H3,(H,22,27). The van der Waals surface area contributed by atoms with E-state index >= 15 is 0 Å². The Bertz CT molecular complexity index is 1110. The monoisotopic (exact) mass is 381 g/mol. The van der Waals surface area contributed by atoms with E-state index in [1.165, 1.54) is 0 Å². The quantitative estimate of drug-likeness (QED) is 0.553. The first-order valence-corrected chi connectivity index (χ1v) is 9.37. The molecule has 1 amide bonds. The summed E-state index contributed by atoms with van der Waals surface area (Å²) in [7, 11) is 0. The van der Waals surface area contributed by atoms with Gasteiger partial charge in [0.15, 0.2) is 5.15 Å². The number of carbonyl (C=O) groups excluding carboxylic acids is 1. The molecule has 7 heteroatoms. The molecule has 0 aliphatic rings.